The Hall–Kier alpha value is -1.38. The molecule has 0 atom stereocenters. The zero-order valence-corrected chi connectivity index (χ0v) is 7.74. The van der Waals surface area contributed by atoms with Crippen LogP contribution in [0.4, 0.5) is 0 Å². The number of hydrogen-bond donors (Lipinski definition) is 0. The van der Waals surface area contributed by atoms with Gasteiger partial charge in [0.1, 0.15) is 5.75 Å². The molecule has 1 heterocycles. The monoisotopic (exact) mass is 180 g/mol. The molecule has 0 bridgehead atoms. The van der Waals surface area contributed by atoms with Crippen molar-refractivity contribution in [3.05, 3.63) is 18.2 Å². The van der Waals surface area contributed by atoms with Crippen LogP contribution < -0.4 is 14.2 Å². The second-order valence-corrected chi connectivity index (χ2v) is 3.18. The van der Waals surface area contributed by atoms with E-state index in [0.29, 0.717) is 6.79 Å². The molecule has 1 aromatic rings. The summed E-state index contributed by atoms with van der Waals surface area (Å²) in [5.74, 6) is 2.37. The standard InChI is InChI=1S/C10H12O3/c1-7(2)13-8-3-4-9-10(5-8)12-6-11-9/h3-5,7H,6H2,1-2H3. The van der Waals surface area contributed by atoms with Gasteiger partial charge in [-0.05, 0) is 26.0 Å². The quantitative estimate of drug-likeness (QED) is 0.698. The predicted molar refractivity (Wildman–Crippen MR) is 48.3 cm³/mol. The van der Waals surface area contributed by atoms with Crippen LogP contribution in [0.25, 0.3) is 0 Å². The number of fused-ring (bicyclic) bond motifs is 1. The lowest BCUT2D eigenvalue weighted by molar-refractivity contribution is 0.173. The van der Waals surface area contributed by atoms with Crippen LogP contribution in [-0.2, 0) is 0 Å². The maximum Gasteiger partial charge on any atom is 0.231 e. The molecule has 0 fully saturated rings. The molecule has 13 heavy (non-hydrogen) atoms. The molecule has 0 N–H and O–H groups in total. The first-order chi connectivity index (χ1) is 6.25. The van der Waals surface area contributed by atoms with Gasteiger partial charge in [0.05, 0.1) is 6.10 Å². The molecular formula is C10H12O3. The van der Waals surface area contributed by atoms with Crippen molar-refractivity contribution in [2.45, 2.75) is 20.0 Å². The first-order valence-electron chi connectivity index (χ1n) is 4.32. The average molecular weight is 180 g/mol. The summed E-state index contributed by atoms with van der Waals surface area (Å²) in [6.45, 7) is 4.29. The maximum absolute atomic E-state index is 5.50. The van der Waals surface area contributed by atoms with E-state index in [0.717, 1.165) is 17.2 Å². The van der Waals surface area contributed by atoms with Crippen LogP contribution in [0.3, 0.4) is 0 Å². The normalized spacial score (nSPS) is 13.5. The van der Waals surface area contributed by atoms with E-state index in [2.05, 4.69) is 0 Å². The summed E-state index contributed by atoms with van der Waals surface area (Å²) in [4.78, 5) is 0. The SMILES string of the molecule is CC(C)Oc1ccc2c(c1)OCO2. The third kappa shape index (κ3) is 1.69. The molecule has 0 radical (unpaired) electrons. The molecule has 2 rings (SSSR count). The van der Waals surface area contributed by atoms with Crippen molar-refractivity contribution in [2.24, 2.45) is 0 Å². The summed E-state index contributed by atoms with van der Waals surface area (Å²) in [6.07, 6.45) is 0.181. The minimum atomic E-state index is 0.181. The van der Waals surface area contributed by atoms with Crippen LogP contribution in [0, 0.1) is 0 Å². The van der Waals surface area contributed by atoms with Crippen molar-refractivity contribution >= 4 is 0 Å². The molecule has 3 heteroatoms. The van der Waals surface area contributed by atoms with Gasteiger partial charge in [-0.1, -0.05) is 0 Å². The van der Waals surface area contributed by atoms with Gasteiger partial charge >= 0.3 is 0 Å². The van der Waals surface area contributed by atoms with Crippen molar-refractivity contribution < 1.29 is 14.2 Å². The molecule has 0 spiro atoms. The third-order valence-electron chi connectivity index (χ3n) is 1.72. The highest BCUT2D eigenvalue weighted by Crippen LogP contribution is 2.35. The van der Waals surface area contributed by atoms with Crippen LogP contribution in [-0.4, -0.2) is 12.9 Å². The van der Waals surface area contributed by atoms with Crippen LogP contribution in [0.1, 0.15) is 13.8 Å². The number of hydrogen-bond acceptors (Lipinski definition) is 3. The first-order valence-corrected chi connectivity index (χ1v) is 4.32. The zero-order chi connectivity index (χ0) is 9.26. The molecule has 0 amide bonds. The van der Waals surface area contributed by atoms with E-state index in [1.165, 1.54) is 0 Å². The van der Waals surface area contributed by atoms with Crippen LogP contribution in [0.5, 0.6) is 17.2 Å². The molecule has 1 aromatic carbocycles. The second kappa shape index (κ2) is 3.17. The summed E-state index contributed by atoms with van der Waals surface area (Å²) in [7, 11) is 0. The Kier molecular flexibility index (Phi) is 2.00. The van der Waals surface area contributed by atoms with Gasteiger partial charge < -0.3 is 14.2 Å². The van der Waals surface area contributed by atoms with Crippen molar-refractivity contribution in [1.82, 2.24) is 0 Å². The van der Waals surface area contributed by atoms with Crippen LogP contribution in [0.15, 0.2) is 18.2 Å². The van der Waals surface area contributed by atoms with E-state index in [1.54, 1.807) is 0 Å². The molecule has 1 aliphatic heterocycles. The second-order valence-electron chi connectivity index (χ2n) is 3.18. The molecule has 0 aliphatic carbocycles. The molecule has 1 aliphatic rings. The minimum Gasteiger partial charge on any atom is -0.491 e. The van der Waals surface area contributed by atoms with E-state index in [4.69, 9.17) is 14.2 Å². The van der Waals surface area contributed by atoms with Gasteiger partial charge in [0.15, 0.2) is 11.5 Å². The van der Waals surface area contributed by atoms with E-state index in [1.807, 2.05) is 32.0 Å². The summed E-state index contributed by atoms with van der Waals surface area (Å²) in [5.41, 5.74) is 0. The van der Waals surface area contributed by atoms with Crippen molar-refractivity contribution in [3.63, 3.8) is 0 Å². The maximum atomic E-state index is 5.50. The van der Waals surface area contributed by atoms with Gasteiger partial charge in [-0.2, -0.15) is 0 Å². The Labute approximate surface area is 77.2 Å². The molecular weight excluding hydrogens is 168 g/mol. The highest BCUT2D eigenvalue weighted by molar-refractivity contribution is 5.46. The molecule has 0 saturated heterocycles. The highest BCUT2D eigenvalue weighted by Gasteiger charge is 2.13. The highest BCUT2D eigenvalue weighted by atomic mass is 16.7. The lowest BCUT2D eigenvalue weighted by Crippen LogP contribution is -2.05. The van der Waals surface area contributed by atoms with Gasteiger partial charge in [0.2, 0.25) is 6.79 Å². The fraction of sp³-hybridized carbons (Fsp3) is 0.400. The summed E-state index contributed by atoms with van der Waals surface area (Å²) >= 11 is 0. The number of rotatable bonds is 2. The Bertz CT molecular complexity index is 307. The lowest BCUT2D eigenvalue weighted by Gasteiger charge is -2.09. The molecule has 3 nitrogen and oxygen atoms in total. The van der Waals surface area contributed by atoms with Crippen LogP contribution in [0.2, 0.25) is 0 Å². The fourth-order valence-electron chi connectivity index (χ4n) is 1.22. The Morgan fingerprint density at radius 2 is 2.00 bits per heavy atom. The van der Waals surface area contributed by atoms with Crippen LogP contribution >= 0.6 is 0 Å². The third-order valence-corrected chi connectivity index (χ3v) is 1.72. The van der Waals surface area contributed by atoms with Gasteiger partial charge in [-0.3, -0.25) is 0 Å². The number of benzene rings is 1. The number of ether oxygens (including phenoxy) is 3. The van der Waals surface area contributed by atoms with Crippen molar-refractivity contribution in [3.8, 4) is 17.2 Å². The Balaban J connectivity index is 2.21. The van der Waals surface area contributed by atoms with E-state index < -0.39 is 0 Å². The van der Waals surface area contributed by atoms with Gasteiger partial charge in [0, 0.05) is 6.07 Å². The Morgan fingerprint density at radius 3 is 2.77 bits per heavy atom. The van der Waals surface area contributed by atoms with Crippen molar-refractivity contribution in [1.29, 1.82) is 0 Å². The predicted octanol–water partition coefficient (Wildman–Crippen LogP) is 2.20. The fourth-order valence-corrected chi connectivity index (χ4v) is 1.22. The smallest absolute Gasteiger partial charge is 0.231 e. The molecule has 0 saturated carbocycles. The van der Waals surface area contributed by atoms with E-state index in [-0.39, 0.29) is 6.10 Å². The average Bonchev–Trinajstić information content (AvgIpc) is 2.49. The minimum absolute atomic E-state index is 0.181. The lowest BCUT2D eigenvalue weighted by atomic mass is 10.3. The zero-order valence-electron chi connectivity index (χ0n) is 7.74. The topological polar surface area (TPSA) is 27.7 Å². The van der Waals surface area contributed by atoms with Gasteiger partial charge in [-0.25, -0.2) is 0 Å². The van der Waals surface area contributed by atoms with E-state index >= 15 is 0 Å². The van der Waals surface area contributed by atoms with Gasteiger partial charge in [0.25, 0.3) is 0 Å². The molecule has 0 aromatic heterocycles. The van der Waals surface area contributed by atoms with E-state index in [9.17, 15) is 0 Å². The molecule has 0 unspecified atom stereocenters. The summed E-state index contributed by atoms with van der Waals surface area (Å²) in [6, 6.07) is 5.59. The summed E-state index contributed by atoms with van der Waals surface area (Å²) in [5, 5.41) is 0. The Morgan fingerprint density at radius 1 is 1.23 bits per heavy atom. The summed E-state index contributed by atoms with van der Waals surface area (Å²) < 4.78 is 15.9. The largest absolute Gasteiger partial charge is 0.491 e. The first kappa shape index (κ1) is 8.23. The molecule has 70 valence electrons. The van der Waals surface area contributed by atoms with Crippen molar-refractivity contribution in [2.75, 3.05) is 6.79 Å². The van der Waals surface area contributed by atoms with Gasteiger partial charge in [-0.15, -0.1) is 0 Å².